The molecule has 0 amide bonds. The van der Waals surface area contributed by atoms with Gasteiger partial charge in [0, 0.05) is 38.6 Å². The average molecular weight is 239 g/mol. The summed E-state index contributed by atoms with van der Waals surface area (Å²) in [5.74, 6) is 0.0987. The first-order valence-corrected chi connectivity index (χ1v) is 5.71. The van der Waals surface area contributed by atoms with E-state index in [0.717, 1.165) is 25.5 Å². The van der Waals surface area contributed by atoms with Crippen molar-refractivity contribution in [3.63, 3.8) is 0 Å². The molecule has 6 heteroatoms. The Morgan fingerprint density at radius 2 is 2.47 bits per heavy atom. The van der Waals surface area contributed by atoms with Gasteiger partial charge < -0.3 is 14.4 Å². The van der Waals surface area contributed by atoms with Crippen molar-refractivity contribution in [2.45, 2.75) is 19.6 Å². The van der Waals surface area contributed by atoms with E-state index in [9.17, 15) is 4.79 Å². The molecule has 1 aliphatic rings. The summed E-state index contributed by atoms with van der Waals surface area (Å²) in [5.41, 5.74) is 0. The quantitative estimate of drug-likeness (QED) is 0.799. The highest BCUT2D eigenvalue weighted by atomic mass is 16.5. The van der Waals surface area contributed by atoms with Gasteiger partial charge in [-0.2, -0.15) is 0 Å². The van der Waals surface area contributed by atoms with Gasteiger partial charge in [0.15, 0.2) is 6.10 Å². The smallest absolute Gasteiger partial charge is 0.334 e. The van der Waals surface area contributed by atoms with Crippen LogP contribution in [0.25, 0.3) is 0 Å². The molecular formula is C11H17N3O3. The van der Waals surface area contributed by atoms with E-state index >= 15 is 0 Å². The van der Waals surface area contributed by atoms with Crippen molar-refractivity contribution in [2.24, 2.45) is 0 Å². The third-order valence-electron chi connectivity index (χ3n) is 3.01. The molecule has 0 aromatic carbocycles. The van der Waals surface area contributed by atoms with Gasteiger partial charge in [0.2, 0.25) is 0 Å². The van der Waals surface area contributed by atoms with Crippen LogP contribution in [0.15, 0.2) is 12.4 Å². The number of morpholine rings is 1. The van der Waals surface area contributed by atoms with E-state index in [4.69, 9.17) is 9.84 Å². The molecule has 1 aromatic heterocycles. The number of carboxylic acid groups (broad SMARTS) is 1. The van der Waals surface area contributed by atoms with Gasteiger partial charge in [-0.3, -0.25) is 4.90 Å². The summed E-state index contributed by atoms with van der Waals surface area (Å²) in [6.07, 6.45) is 3.02. The van der Waals surface area contributed by atoms with Gasteiger partial charge in [-0.15, -0.1) is 0 Å². The Balaban J connectivity index is 1.83. The number of ether oxygens (including phenoxy) is 1. The molecule has 0 aliphatic carbocycles. The minimum Gasteiger partial charge on any atom is -0.479 e. The zero-order valence-electron chi connectivity index (χ0n) is 9.87. The van der Waals surface area contributed by atoms with Gasteiger partial charge in [0.1, 0.15) is 5.82 Å². The minimum atomic E-state index is -0.881. The lowest BCUT2D eigenvalue weighted by Gasteiger charge is -2.30. The molecule has 1 fully saturated rings. The molecular weight excluding hydrogens is 222 g/mol. The molecule has 1 atom stereocenters. The summed E-state index contributed by atoms with van der Waals surface area (Å²) in [4.78, 5) is 17.1. The van der Waals surface area contributed by atoms with Gasteiger partial charge >= 0.3 is 5.97 Å². The molecule has 0 saturated carbocycles. The number of aromatic nitrogens is 2. The largest absolute Gasteiger partial charge is 0.479 e. The summed E-state index contributed by atoms with van der Waals surface area (Å²) >= 11 is 0. The van der Waals surface area contributed by atoms with E-state index < -0.39 is 12.1 Å². The first-order valence-electron chi connectivity index (χ1n) is 5.71. The normalized spacial score (nSPS) is 21.6. The van der Waals surface area contributed by atoms with Gasteiger partial charge in [0.25, 0.3) is 0 Å². The van der Waals surface area contributed by atoms with Crippen molar-refractivity contribution in [3.05, 3.63) is 18.2 Å². The minimum absolute atomic E-state index is 0.461. The Bertz CT molecular complexity index is 391. The number of nitrogens with zero attached hydrogens (tertiary/aromatic N) is 3. The van der Waals surface area contributed by atoms with Crippen LogP contribution in [0.2, 0.25) is 0 Å². The number of imidazole rings is 1. The third kappa shape index (κ3) is 3.04. The number of rotatable bonds is 4. The number of hydrogen-bond acceptors (Lipinski definition) is 4. The van der Waals surface area contributed by atoms with Crippen molar-refractivity contribution >= 4 is 5.97 Å². The molecule has 0 bridgehead atoms. The molecule has 0 radical (unpaired) electrons. The Kier molecular flexibility index (Phi) is 3.75. The Hall–Kier alpha value is -1.40. The molecule has 17 heavy (non-hydrogen) atoms. The predicted molar refractivity (Wildman–Crippen MR) is 60.8 cm³/mol. The van der Waals surface area contributed by atoms with Crippen molar-refractivity contribution in [1.29, 1.82) is 0 Å². The summed E-state index contributed by atoms with van der Waals surface area (Å²) in [7, 11) is 0. The fraction of sp³-hybridized carbons (Fsp3) is 0.636. The predicted octanol–water partition coefficient (Wildman–Crippen LogP) is -0.0231. The lowest BCUT2D eigenvalue weighted by atomic mass is 10.2. The highest BCUT2D eigenvalue weighted by Gasteiger charge is 2.25. The highest BCUT2D eigenvalue weighted by molar-refractivity contribution is 5.72. The van der Waals surface area contributed by atoms with Crippen LogP contribution >= 0.6 is 0 Å². The lowest BCUT2D eigenvalue weighted by molar-refractivity contribution is -0.156. The molecule has 1 N–H and O–H groups in total. The zero-order chi connectivity index (χ0) is 12.3. The van der Waals surface area contributed by atoms with Crippen LogP contribution in [0.1, 0.15) is 5.82 Å². The lowest BCUT2D eigenvalue weighted by Crippen LogP contribution is -2.46. The van der Waals surface area contributed by atoms with Gasteiger partial charge in [-0.1, -0.05) is 0 Å². The van der Waals surface area contributed by atoms with Gasteiger partial charge in [-0.05, 0) is 6.92 Å². The summed E-state index contributed by atoms with van der Waals surface area (Å²) < 4.78 is 7.23. The van der Waals surface area contributed by atoms with Crippen molar-refractivity contribution in [1.82, 2.24) is 14.5 Å². The highest BCUT2D eigenvalue weighted by Crippen LogP contribution is 2.06. The van der Waals surface area contributed by atoms with Gasteiger partial charge in [0.05, 0.1) is 6.61 Å². The van der Waals surface area contributed by atoms with Crippen LogP contribution in [0, 0.1) is 6.92 Å². The van der Waals surface area contributed by atoms with Crippen LogP contribution in [-0.4, -0.2) is 57.9 Å². The maximum absolute atomic E-state index is 10.8. The molecule has 1 saturated heterocycles. The summed E-state index contributed by atoms with van der Waals surface area (Å²) in [6, 6.07) is 0. The van der Waals surface area contributed by atoms with E-state index in [1.54, 1.807) is 6.20 Å². The third-order valence-corrected chi connectivity index (χ3v) is 3.01. The molecule has 1 unspecified atom stereocenters. The van der Waals surface area contributed by atoms with Crippen LogP contribution < -0.4 is 0 Å². The summed E-state index contributed by atoms with van der Waals surface area (Å²) in [5, 5.41) is 8.89. The van der Waals surface area contributed by atoms with Crippen LogP contribution in [-0.2, 0) is 16.1 Å². The molecule has 0 spiro atoms. The average Bonchev–Trinajstić information content (AvgIpc) is 2.72. The SMILES string of the molecule is Cc1nccn1CCN1CCOC(C(=O)O)C1. The van der Waals surface area contributed by atoms with Crippen molar-refractivity contribution in [3.8, 4) is 0 Å². The standard InChI is InChI=1S/C11H17N3O3/c1-9-12-2-3-14(9)5-4-13-6-7-17-10(8-13)11(15)16/h2-3,10H,4-8H2,1H3,(H,15,16). The number of carboxylic acids is 1. The molecule has 1 aromatic rings. The maximum atomic E-state index is 10.8. The molecule has 2 heterocycles. The van der Waals surface area contributed by atoms with Gasteiger partial charge in [-0.25, -0.2) is 9.78 Å². The van der Waals surface area contributed by atoms with E-state index in [-0.39, 0.29) is 0 Å². The molecule has 1 aliphatic heterocycles. The molecule has 6 nitrogen and oxygen atoms in total. The summed E-state index contributed by atoms with van der Waals surface area (Å²) in [6.45, 7) is 5.35. The fourth-order valence-electron chi connectivity index (χ4n) is 1.94. The number of aryl methyl sites for hydroxylation is 1. The Morgan fingerprint density at radius 1 is 1.65 bits per heavy atom. The van der Waals surface area contributed by atoms with Crippen molar-refractivity contribution in [2.75, 3.05) is 26.2 Å². The Labute approximate surface area is 99.8 Å². The number of hydrogen-bond donors (Lipinski definition) is 1. The fourth-order valence-corrected chi connectivity index (χ4v) is 1.94. The van der Waals surface area contributed by atoms with Crippen LogP contribution in [0.4, 0.5) is 0 Å². The van der Waals surface area contributed by atoms with E-state index in [1.807, 2.05) is 13.1 Å². The Morgan fingerprint density at radius 3 is 3.12 bits per heavy atom. The monoisotopic (exact) mass is 239 g/mol. The van der Waals surface area contributed by atoms with E-state index in [1.165, 1.54) is 0 Å². The van der Waals surface area contributed by atoms with E-state index in [0.29, 0.717) is 13.2 Å². The second-order valence-corrected chi connectivity index (χ2v) is 4.17. The first kappa shape index (κ1) is 12.1. The molecule has 94 valence electrons. The second kappa shape index (κ2) is 5.29. The topological polar surface area (TPSA) is 67.6 Å². The number of carbonyl (C=O) groups is 1. The van der Waals surface area contributed by atoms with Crippen molar-refractivity contribution < 1.29 is 14.6 Å². The van der Waals surface area contributed by atoms with E-state index in [2.05, 4.69) is 14.5 Å². The zero-order valence-corrected chi connectivity index (χ0v) is 9.87. The molecule has 2 rings (SSSR count). The maximum Gasteiger partial charge on any atom is 0.334 e. The van der Waals surface area contributed by atoms with Crippen LogP contribution in [0.5, 0.6) is 0 Å². The van der Waals surface area contributed by atoms with Crippen LogP contribution in [0.3, 0.4) is 0 Å². The first-order chi connectivity index (χ1) is 8.16. The second-order valence-electron chi connectivity index (χ2n) is 4.17. The number of aliphatic carboxylic acids is 1.